The average Bonchev–Trinajstić information content (AvgIpc) is 2.76. The second-order valence-corrected chi connectivity index (χ2v) is 4.01. The molecule has 0 fully saturated rings. The lowest BCUT2D eigenvalue weighted by Crippen LogP contribution is -1.96. The highest BCUT2D eigenvalue weighted by Crippen LogP contribution is 2.40. The highest BCUT2D eigenvalue weighted by molar-refractivity contribution is 5.69. The van der Waals surface area contributed by atoms with Gasteiger partial charge in [-0.25, -0.2) is 4.98 Å². The van der Waals surface area contributed by atoms with Crippen LogP contribution in [0.5, 0.6) is 17.2 Å². The maximum absolute atomic E-state index is 5.74. The number of nitrogen functional groups attached to an aromatic ring is 1. The Morgan fingerprint density at radius 1 is 1.05 bits per heavy atom. The van der Waals surface area contributed by atoms with Gasteiger partial charge in [-0.05, 0) is 12.1 Å². The zero-order valence-electron chi connectivity index (χ0n) is 11.4. The van der Waals surface area contributed by atoms with Crippen LogP contribution in [0.2, 0.25) is 0 Å². The molecule has 2 rings (SSSR count). The number of aromatic nitrogens is 2. The van der Waals surface area contributed by atoms with Crippen LogP contribution in [0.3, 0.4) is 0 Å². The van der Waals surface area contributed by atoms with Crippen LogP contribution in [-0.2, 0) is 7.05 Å². The van der Waals surface area contributed by atoms with Crippen molar-refractivity contribution in [2.24, 2.45) is 7.05 Å². The predicted octanol–water partition coefficient (Wildman–Crippen LogP) is 1.70. The van der Waals surface area contributed by atoms with Gasteiger partial charge >= 0.3 is 0 Å². The van der Waals surface area contributed by atoms with E-state index >= 15 is 0 Å². The fourth-order valence-electron chi connectivity index (χ4n) is 1.85. The van der Waals surface area contributed by atoms with Crippen molar-refractivity contribution in [3.63, 3.8) is 0 Å². The van der Waals surface area contributed by atoms with Crippen molar-refractivity contribution in [1.29, 1.82) is 0 Å². The summed E-state index contributed by atoms with van der Waals surface area (Å²) in [6.07, 6.45) is 1.84. The highest BCUT2D eigenvalue weighted by atomic mass is 16.5. The summed E-state index contributed by atoms with van der Waals surface area (Å²) in [7, 11) is 6.56. The Balaban J connectivity index is 2.58. The minimum atomic E-state index is 0.448. The second kappa shape index (κ2) is 5.09. The van der Waals surface area contributed by atoms with Gasteiger partial charge < -0.3 is 24.5 Å². The SMILES string of the molecule is COc1cc(-c2cn(C)c(N)n2)cc(OC)c1OC. The van der Waals surface area contributed by atoms with Crippen molar-refractivity contribution >= 4 is 5.95 Å². The summed E-state index contributed by atoms with van der Waals surface area (Å²) in [6, 6.07) is 3.67. The molecule has 0 atom stereocenters. The van der Waals surface area contributed by atoms with Gasteiger partial charge in [0.15, 0.2) is 17.4 Å². The van der Waals surface area contributed by atoms with Crippen LogP contribution < -0.4 is 19.9 Å². The van der Waals surface area contributed by atoms with Gasteiger partial charge in [0.25, 0.3) is 0 Å². The molecule has 0 aliphatic heterocycles. The molecule has 0 radical (unpaired) electrons. The maximum atomic E-state index is 5.74. The number of nitrogens with zero attached hydrogens (tertiary/aromatic N) is 2. The fraction of sp³-hybridized carbons (Fsp3) is 0.308. The normalized spacial score (nSPS) is 10.3. The van der Waals surface area contributed by atoms with E-state index in [1.807, 2.05) is 25.4 Å². The molecule has 0 spiro atoms. The summed E-state index contributed by atoms with van der Waals surface area (Å²) < 4.78 is 17.6. The second-order valence-electron chi connectivity index (χ2n) is 4.01. The molecule has 1 heterocycles. The van der Waals surface area contributed by atoms with E-state index in [-0.39, 0.29) is 0 Å². The lowest BCUT2D eigenvalue weighted by Gasteiger charge is -2.13. The number of imidazole rings is 1. The van der Waals surface area contributed by atoms with E-state index < -0.39 is 0 Å². The molecule has 19 heavy (non-hydrogen) atoms. The number of rotatable bonds is 4. The lowest BCUT2D eigenvalue weighted by molar-refractivity contribution is 0.324. The molecule has 0 saturated carbocycles. The molecular formula is C13H17N3O3. The number of nitrogens with two attached hydrogens (primary N) is 1. The van der Waals surface area contributed by atoms with Gasteiger partial charge in [0, 0.05) is 18.8 Å². The number of methoxy groups -OCH3 is 3. The number of benzene rings is 1. The van der Waals surface area contributed by atoms with Crippen molar-refractivity contribution in [3.05, 3.63) is 18.3 Å². The zero-order chi connectivity index (χ0) is 14.0. The van der Waals surface area contributed by atoms with Crippen molar-refractivity contribution in [1.82, 2.24) is 9.55 Å². The first-order chi connectivity index (χ1) is 9.10. The van der Waals surface area contributed by atoms with Gasteiger partial charge in [0.05, 0.1) is 27.0 Å². The molecule has 6 nitrogen and oxygen atoms in total. The number of ether oxygens (including phenoxy) is 3. The number of aryl methyl sites for hydroxylation is 1. The molecule has 0 bridgehead atoms. The molecule has 0 unspecified atom stereocenters. The van der Waals surface area contributed by atoms with E-state index in [0.29, 0.717) is 23.2 Å². The quantitative estimate of drug-likeness (QED) is 0.909. The Hall–Kier alpha value is -2.37. The molecular weight excluding hydrogens is 246 g/mol. The molecule has 2 aromatic rings. The number of hydrogen-bond acceptors (Lipinski definition) is 5. The molecule has 0 aliphatic rings. The van der Waals surface area contributed by atoms with Crippen molar-refractivity contribution in [2.75, 3.05) is 27.1 Å². The standard InChI is InChI=1S/C13H17N3O3/c1-16-7-9(15-13(16)14)8-5-10(17-2)12(19-4)11(6-8)18-3/h5-7H,1-4H3,(H2,14,15). The summed E-state index contributed by atoms with van der Waals surface area (Å²) >= 11 is 0. The monoisotopic (exact) mass is 263 g/mol. The Labute approximate surface area is 111 Å². The summed E-state index contributed by atoms with van der Waals surface area (Å²) in [5.74, 6) is 2.17. The van der Waals surface area contributed by atoms with E-state index in [2.05, 4.69) is 4.98 Å². The Bertz CT molecular complexity index is 548. The maximum Gasteiger partial charge on any atom is 0.203 e. The van der Waals surface area contributed by atoms with E-state index in [1.165, 1.54) is 0 Å². The van der Waals surface area contributed by atoms with E-state index in [0.717, 1.165) is 11.3 Å². The van der Waals surface area contributed by atoms with Crippen LogP contribution in [0.25, 0.3) is 11.3 Å². The number of anilines is 1. The smallest absolute Gasteiger partial charge is 0.203 e. The van der Waals surface area contributed by atoms with Crippen LogP contribution in [-0.4, -0.2) is 30.9 Å². The van der Waals surface area contributed by atoms with Crippen LogP contribution in [0.15, 0.2) is 18.3 Å². The van der Waals surface area contributed by atoms with Crippen molar-refractivity contribution in [3.8, 4) is 28.5 Å². The Morgan fingerprint density at radius 3 is 2.00 bits per heavy atom. The summed E-state index contributed by atoms with van der Waals surface area (Å²) in [5.41, 5.74) is 7.34. The van der Waals surface area contributed by atoms with Gasteiger partial charge in [-0.2, -0.15) is 0 Å². The molecule has 0 aliphatic carbocycles. The fourth-order valence-corrected chi connectivity index (χ4v) is 1.85. The summed E-state index contributed by atoms with van der Waals surface area (Å²) in [6.45, 7) is 0. The van der Waals surface area contributed by atoms with E-state index in [1.54, 1.807) is 25.9 Å². The van der Waals surface area contributed by atoms with Crippen LogP contribution in [0, 0.1) is 0 Å². The molecule has 0 amide bonds. The van der Waals surface area contributed by atoms with Crippen LogP contribution in [0.4, 0.5) is 5.95 Å². The third kappa shape index (κ3) is 2.29. The molecule has 1 aromatic carbocycles. The largest absolute Gasteiger partial charge is 0.493 e. The Morgan fingerprint density at radius 2 is 1.63 bits per heavy atom. The van der Waals surface area contributed by atoms with Crippen molar-refractivity contribution < 1.29 is 14.2 Å². The molecule has 102 valence electrons. The van der Waals surface area contributed by atoms with E-state index in [9.17, 15) is 0 Å². The third-order valence-corrected chi connectivity index (χ3v) is 2.87. The Kier molecular flexibility index (Phi) is 3.50. The first kappa shape index (κ1) is 13.1. The molecule has 2 N–H and O–H groups in total. The highest BCUT2D eigenvalue weighted by Gasteiger charge is 2.15. The first-order valence-electron chi connectivity index (χ1n) is 5.70. The minimum Gasteiger partial charge on any atom is -0.493 e. The zero-order valence-corrected chi connectivity index (χ0v) is 11.4. The topological polar surface area (TPSA) is 71.5 Å². The molecule has 0 saturated heterocycles. The van der Waals surface area contributed by atoms with Gasteiger partial charge in [0.2, 0.25) is 5.75 Å². The summed E-state index contributed by atoms with van der Waals surface area (Å²) in [4.78, 5) is 4.28. The number of hydrogen-bond donors (Lipinski definition) is 1. The van der Waals surface area contributed by atoms with E-state index in [4.69, 9.17) is 19.9 Å². The van der Waals surface area contributed by atoms with Gasteiger partial charge in [-0.1, -0.05) is 0 Å². The summed E-state index contributed by atoms with van der Waals surface area (Å²) in [5, 5.41) is 0. The third-order valence-electron chi connectivity index (χ3n) is 2.87. The predicted molar refractivity (Wildman–Crippen MR) is 72.7 cm³/mol. The first-order valence-corrected chi connectivity index (χ1v) is 5.70. The molecule has 1 aromatic heterocycles. The van der Waals surface area contributed by atoms with Crippen LogP contribution in [0.1, 0.15) is 0 Å². The van der Waals surface area contributed by atoms with Crippen LogP contribution >= 0.6 is 0 Å². The van der Waals surface area contributed by atoms with Gasteiger partial charge in [0.1, 0.15) is 0 Å². The average molecular weight is 263 g/mol. The van der Waals surface area contributed by atoms with Gasteiger partial charge in [-0.15, -0.1) is 0 Å². The van der Waals surface area contributed by atoms with Gasteiger partial charge in [-0.3, -0.25) is 0 Å². The lowest BCUT2D eigenvalue weighted by atomic mass is 10.1. The molecule has 6 heteroatoms. The van der Waals surface area contributed by atoms with Crippen molar-refractivity contribution in [2.45, 2.75) is 0 Å². The minimum absolute atomic E-state index is 0.448.